The number of fused-ring (bicyclic) bond motifs is 1. The third-order valence-electron chi connectivity index (χ3n) is 5.09. The molecule has 1 saturated heterocycles. The minimum atomic E-state index is -3.57. The molecule has 2 heterocycles. The molecule has 2 aliphatic rings. The first kappa shape index (κ1) is 14.9. The smallest absolute Gasteiger partial charge is 0.243 e. The van der Waals surface area contributed by atoms with Gasteiger partial charge in [-0.1, -0.05) is 17.3 Å². The van der Waals surface area contributed by atoms with Gasteiger partial charge in [0.15, 0.2) is 5.76 Å². The van der Waals surface area contributed by atoms with E-state index in [1.807, 2.05) is 0 Å². The van der Waals surface area contributed by atoms with Crippen LogP contribution >= 0.6 is 0 Å². The van der Waals surface area contributed by atoms with E-state index in [2.05, 4.69) is 5.16 Å². The molecule has 0 amide bonds. The highest BCUT2D eigenvalue weighted by Crippen LogP contribution is 2.40. The van der Waals surface area contributed by atoms with Crippen molar-refractivity contribution in [3.05, 3.63) is 36.5 Å². The molecule has 3 atom stereocenters. The lowest BCUT2D eigenvalue weighted by atomic mass is 9.98. The number of hydrogen-bond acceptors (Lipinski definition) is 5. The third-order valence-corrected chi connectivity index (χ3v) is 6.98. The zero-order valence-corrected chi connectivity index (χ0v) is 13.4. The molecule has 2 aromatic rings. The highest BCUT2D eigenvalue weighted by Gasteiger charge is 2.45. The maximum Gasteiger partial charge on any atom is 0.243 e. The van der Waals surface area contributed by atoms with Gasteiger partial charge in [-0.15, -0.1) is 0 Å². The van der Waals surface area contributed by atoms with Gasteiger partial charge in [0.25, 0.3) is 0 Å². The standard InChI is InChI=1S/C16H19N3O3S/c17-14-6-5-11-9-19(10-13(11)14)23(20,21)16-4-2-1-3-12(16)15-7-8-18-22-15/h1-4,7-8,11,13-14H,5-6,9-10,17H2. The first-order valence-electron chi connectivity index (χ1n) is 7.83. The summed E-state index contributed by atoms with van der Waals surface area (Å²) in [4.78, 5) is 0.269. The fourth-order valence-corrected chi connectivity index (χ4v) is 5.58. The van der Waals surface area contributed by atoms with Crippen LogP contribution in [0.2, 0.25) is 0 Å². The zero-order valence-electron chi connectivity index (χ0n) is 12.6. The Kier molecular flexibility index (Phi) is 3.51. The second-order valence-electron chi connectivity index (χ2n) is 6.36. The summed E-state index contributed by atoms with van der Waals surface area (Å²) in [7, 11) is -3.57. The van der Waals surface area contributed by atoms with Gasteiger partial charge in [0.05, 0.1) is 11.1 Å². The molecule has 0 bridgehead atoms. The summed E-state index contributed by atoms with van der Waals surface area (Å²) in [5.74, 6) is 1.12. The summed E-state index contributed by atoms with van der Waals surface area (Å²) in [5.41, 5.74) is 6.67. The lowest BCUT2D eigenvalue weighted by Crippen LogP contribution is -2.33. The summed E-state index contributed by atoms with van der Waals surface area (Å²) >= 11 is 0. The highest BCUT2D eigenvalue weighted by molar-refractivity contribution is 7.89. The van der Waals surface area contributed by atoms with Crippen LogP contribution in [0.5, 0.6) is 0 Å². The van der Waals surface area contributed by atoms with Gasteiger partial charge in [-0.25, -0.2) is 8.42 Å². The van der Waals surface area contributed by atoms with Crippen molar-refractivity contribution in [1.82, 2.24) is 9.46 Å². The van der Waals surface area contributed by atoms with Crippen LogP contribution in [0.3, 0.4) is 0 Å². The summed E-state index contributed by atoms with van der Waals surface area (Å²) in [6, 6.07) is 8.69. The van der Waals surface area contributed by atoms with E-state index in [1.54, 1.807) is 34.6 Å². The van der Waals surface area contributed by atoms with Crippen LogP contribution in [-0.2, 0) is 10.0 Å². The van der Waals surface area contributed by atoms with Crippen LogP contribution in [0.15, 0.2) is 45.9 Å². The molecular weight excluding hydrogens is 314 g/mol. The van der Waals surface area contributed by atoms with Gasteiger partial charge in [-0.3, -0.25) is 0 Å². The molecule has 23 heavy (non-hydrogen) atoms. The molecule has 0 radical (unpaired) electrons. The van der Waals surface area contributed by atoms with E-state index in [0.29, 0.717) is 30.3 Å². The average Bonchev–Trinajstić information content (AvgIpc) is 3.26. The van der Waals surface area contributed by atoms with Crippen LogP contribution in [0.25, 0.3) is 11.3 Å². The quantitative estimate of drug-likeness (QED) is 0.923. The van der Waals surface area contributed by atoms with E-state index in [0.717, 1.165) is 12.8 Å². The van der Waals surface area contributed by atoms with Crippen molar-refractivity contribution in [1.29, 1.82) is 0 Å². The molecule has 2 fully saturated rings. The first-order chi connectivity index (χ1) is 11.1. The number of nitrogens with zero attached hydrogens (tertiary/aromatic N) is 2. The SMILES string of the molecule is NC1CCC2CN(S(=O)(=O)c3ccccc3-c3ccno3)CC12. The number of rotatable bonds is 3. The Morgan fingerprint density at radius 1 is 1.17 bits per heavy atom. The van der Waals surface area contributed by atoms with Crippen molar-refractivity contribution in [3.8, 4) is 11.3 Å². The Morgan fingerprint density at radius 3 is 2.74 bits per heavy atom. The molecule has 1 aliphatic heterocycles. The van der Waals surface area contributed by atoms with Gasteiger partial charge < -0.3 is 10.3 Å². The molecule has 6 nitrogen and oxygen atoms in total. The fourth-order valence-electron chi connectivity index (χ4n) is 3.85. The molecule has 4 rings (SSSR count). The topological polar surface area (TPSA) is 89.4 Å². The summed E-state index contributed by atoms with van der Waals surface area (Å²) in [6.45, 7) is 1.07. The van der Waals surface area contributed by atoms with Crippen LogP contribution in [0.1, 0.15) is 12.8 Å². The largest absolute Gasteiger partial charge is 0.356 e. The normalized spacial score (nSPS) is 28.1. The van der Waals surface area contributed by atoms with Gasteiger partial charge in [0, 0.05) is 30.8 Å². The van der Waals surface area contributed by atoms with Crippen molar-refractivity contribution >= 4 is 10.0 Å². The van der Waals surface area contributed by atoms with Gasteiger partial charge >= 0.3 is 0 Å². The van der Waals surface area contributed by atoms with E-state index in [-0.39, 0.29) is 16.9 Å². The predicted molar refractivity (Wildman–Crippen MR) is 84.9 cm³/mol. The molecule has 2 N–H and O–H groups in total. The number of aromatic nitrogens is 1. The molecular formula is C16H19N3O3S. The molecule has 1 aromatic carbocycles. The van der Waals surface area contributed by atoms with E-state index in [4.69, 9.17) is 10.3 Å². The van der Waals surface area contributed by atoms with Gasteiger partial charge in [-0.05, 0) is 36.8 Å². The molecule has 7 heteroatoms. The van der Waals surface area contributed by atoms with Crippen LogP contribution < -0.4 is 5.73 Å². The molecule has 0 spiro atoms. The van der Waals surface area contributed by atoms with Crippen molar-refractivity contribution < 1.29 is 12.9 Å². The van der Waals surface area contributed by atoms with Crippen molar-refractivity contribution in [3.63, 3.8) is 0 Å². The Hall–Kier alpha value is -1.70. The second-order valence-corrected chi connectivity index (χ2v) is 8.27. The van der Waals surface area contributed by atoms with Crippen molar-refractivity contribution in [2.24, 2.45) is 17.6 Å². The number of benzene rings is 1. The maximum atomic E-state index is 13.1. The maximum absolute atomic E-state index is 13.1. The Labute approximate surface area is 135 Å². The lowest BCUT2D eigenvalue weighted by Gasteiger charge is -2.20. The Balaban J connectivity index is 1.71. The Bertz CT molecular complexity index is 804. The third kappa shape index (κ3) is 2.39. The minimum Gasteiger partial charge on any atom is -0.356 e. The zero-order chi connectivity index (χ0) is 16.0. The number of nitrogens with two attached hydrogens (primary N) is 1. The minimum absolute atomic E-state index is 0.115. The molecule has 1 aromatic heterocycles. The summed E-state index contributed by atoms with van der Waals surface area (Å²) < 4.78 is 33.0. The monoisotopic (exact) mass is 333 g/mol. The lowest BCUT2D eigenvalue weighted by molar-refractivity contribution is 0.424. The van der Waals surface area contributed by atoms with Crippen LogP contribution in [0, 0.1) is 11.8 Å². The van der Waals surface area contributed by atoms with Crippen LogP contribution in [-0.4, -0.2) is 37.0 Å². The van der Waals surface area contributed by atoms with Crippen molar-refractivity contribution in [2.75, 3.05) is 13.1 Å². The molecule has 1 aliphatic carbocycles. The van der Waals surface area contributed by atoms with Crippen molar-refractivity contribution in [2.45, 2.75) is 23.8 Å². The first-order valence-corrected chi connectivity index (χ1v) is 9.27. The van der Waals surface area contributed by atoms with Gasteiger partial charge in [-0.2, -0.15) is 4.31 Å². The fraction of sp³-hybridized carbons (Fsp3) is 0.438. The predicted octanol–water partition coefficient (Wildman–Crippen LogP) is 1.70. The van der Waals surface area contributed by atoms with Gasteiger partial charge in [0.2, 0.25) is 10.0 Å². The van der Waals surface area contributed by atoms with E-state index < -0.39 is 10.0 Å². The molecule has 122 valence electrons. The van der Waals surface area contributed by atoms with E-state index in [9.17, 15) is 8.42 Å². The summed E-state index contributed by atoms with van der Waals surface area (Å²) in [5, 5.41) is 3.68. The second kappa shape index (κ2) is 5.43. The van der Waals surface area contributed by atoms with Crippen LogP contribution in [0.4, 0.5) is 0 Å². The number of sulfonamides is 1. The Morgan fingerprint density at radius 2 is 2.00 bits per heavy atom. The molecule has 1 saturated carbocycles. The number of hydrogen-bond donors (Lipinski definition) is 1. The summed E-state index contributed by atoms with van der Waals surface area (Å²) in [6.07, 6.45) is 3.53. The molecule has 3 unspecified atom stereocenters. The van der Waals surface area contributed by atoms with E-state index >= 15 is 0 Å². The average molecular weight is 333 g/mol. The highest BCUT2D eigenvalue weighted by atomic mass is 32.2. The van der Waals surface area contributed by atoms with E-state index in [1.165, 1.54) is 6.20 Å². The van der Waals surface area contributed by atoms with Gasteiger partial charge in [0.1, 0.15) is 0 Å².